The highest BCUT2D eigenvalue weighted by atomic mass is 35.5. The number of azo groups is 2. The number of Topliss-reactive ketones (excluding diaryl/α,β-unsaturated/α-hetero) is 2. The van der Waals surface area contributed by atoms with Crippen molar-refractivity contribution in [3.63, 3.8) is 0 Å². The second-order valence-electron chi connectivity index (χ2n) is 14.6. The van der Waals surface area contributed by atoms with Gasteiger partial charge in [0.25, 0.3) is 23.6 Å². The van der Waals surface area contributed by atoms with Crippen LogP contribution in [0.5, 0.6) is 0 Å². The molecule has 5 aromatic carbocycles. The van der Waals surface area contributed by atoms with E-state index in [1.807, 2.05) is 13.8 Å². The zero-order chi connectivity index (χ0) is 46.8. The van der Waals surface area contributed by atoms with Crippen LogP contribution in [0.25, 0.3) is 0 Å². The molecule has 330 valence electrons. The Morgan fingerprint density at radius 2 is 0.875 bits per heavy atom. The molecule has 0 spiro atoms. The van der Waals surface area contributed by atoms with Crippen molar-refractivity contribution in [3.8, 4) is 0 Å². The molecule has 5 rings (SSSR count). The first-order chi connectivity index (χ1) is 30.3. The van der Waals surface area contributed by atoms with E-state index in [1.54, 1.807) is 74.5 Å². The second kappa shape index (κ2) is 21.8. The van der Waals surface area contributed by atoms with E-state index in [2.05, 4.69) is 41.7 Å². The first-order valence-electron chi connectivity index (χ1n) is 19.6. The lowest BCUT2D eigenvalue weighted by Gasteiger charge is -2.17. The van der Waals surface area contributed by atoms with Gasteiger partial charge in [-0.1, -0.05) is 47.5 Å². The van der Waals surface area contributed by atoms with Gasteiger partial charge in [-0.3, -0.25) is 28.8 Å². The molecule has 4 amide bonds. The summed E-state index contributed by atoms with van der Waals surface area (Å²) in [5.41, 5.74) is 4.94. The van der Waals surface area contributed by atoms with Gasteiger partial charge in [0.05, 0.1) is 20.8 Å². The van der Waals surface area contributed by atoms with E-state index < -0.39 is 47.3 Å². The first-order valence-corrected chi connectivity index (χ1v) is 21.2. The summed E-state index contributed by atoms with van der Waals surface area (Å²) in [6, 6.07) is 22.6. The fourth-order valence-electron chi connectivity index (χ4n) is 6.04. The molecule has 0 aromatic heterocycles. The number of benzene rings is 5. The Balaban J connectivity index is 1.25. The lowest BCUT2D eigenvalue weighted by molar-refractivity contribution is -0.127. The summed E-state index contributed by atoms with van der Waals surface area (Å²) in [4.78, 5) is 78.1. The van der Waals surface area contributed by atoms with E-state index in [9.17, 15) is 28.8 Å². The van der Waals surface area contributed by atoms with Crippen LogP contribution in [0.2, 0.25) is 10.0 Å². The zero-order valence-corrected chi connectivity index (χ0v) is 38.3. The van der Waals surface area contributed by atoms with E-state index in [0.29, 0.717) is 28.2 Å². The Hall–Kier alpha value is -6.32. The molecule has 64 heavy (non-hydrogen) atoms. The largest absolute Gasteiger partial charge is 0.324 e. The lowest BCUT2D eigenvalue weighted by atomic mass is 10.1. The SMILES string of the molecule is CC(=O)C(N=Nc1cc(C(=O)Nc2ccc(C(C)Cl)cc2)ccc1Cl)C(=O)Nc1cc(C)c(NC(=O)C(N=Nc2cc(C(=O)Nc3ccc(C(C)Cl)cc3)ccc2Cl)C(C)=O)c(C)c1. The van der Waals surface area contributed by atoms with Crippen molar-refractivity contribution in [3.05, 3.63) is 140 Å². The number of hydrogen-bond acceptors (Lipinski definition) is 10. The first kappa shape index (κ1) is 48.7. The van der Waals surface area contributed by atoms with Gasteiger partial charge in [0.1, 0.15) is 11.4 Å². The molecule has 0 bridgehead atoms. The summed E-state index contributed by atoms with van der Waals surface area (Å²) in [6.07, 6.45) is 0. The molecule has 0 saturated carbocycles. The number of amides is 4. The Morgan fingerprint density at radius 3 is 1.23 bits per heavy atom. The number of halogens is 4. The van der Waals surface area contributed by atoms with Crippen molar-refractivity contribution in [1.82, 2.24) is 0 Å². The fourth-order valence-corrected chi connectivity index (χ4v) is 6.64. The van der Waals surface area contributed by atoms with Crippen LogP contribution >= 0.6 is 46.4 Å². The Bertz CT molecular complexity index is 2650. The summed E-state index contributed by atoms with van der Waals surface area (Å²) in [6.45, 7) is 9.35. The third-order valence-corrected chi connectivity index (χ3v) is 10.7. The van der Waals surface area contributed by atoms with Gasteiger partial charge in [0.2, 0.25) is 12.1 Å². The highest BCUT2D eigenvalue weighted by Crippen LogP contribution is 2.31. The van der Waals surface area contributed by atoms with Crippen molar-refractivity contribution in [1.29, 1.82) is 0 Å². The number of aryl methyl sites for hydroxylation is 2. The highest BCUT2D eigenvalue weighted by Gasteiger charge is 2.27. The number of carbonyl (C=O) groups is 6. The monoisotopic (exact) mass is 942 g/mol. The highest BCUT2D eigenvalue weighted by molar-refractivity contribution is 6.33. The topological polar surface area (TPSA) is 200 Å². The molecule has 5 aromatic rings. The fraction of sp³-hybridized carbons (Fsp3) is 0.217. The van der Waals surface area contributed by atoms with Crippen LogP contribution in [0.1, 0.15) is 81.4 Å². The van der Waals surface area contributed by atoms with Gasteiger partial charge in [-0.2, -0.15) is 20.5 Å². The van der Waals surface area contributed by atoms with Crippen LogP contribution in [-0.2, 0) is 19.2 Å². The van der Waals surface area contributed by atoms with E-state index in [4.69, 9.17) is 46.4 Å². The number of alkyl halides is 2. The zero-order valence-electron chi connectivity index (χ0n) is 35.3. The van der Waals surface area contributed by atoms with Crippen LogP contribution in [-0.4, -0.2) is 47.3 Å². The Kier molecular flexibility index (Phi) is 16.6. The number of nitrogens with one attached hydrogen (secondary N) is 4. The molecule has 0 saturated heterocycles. The molecular formula is C46H42Cl4N8O6. The summed E-state index contributed by atoms with van der Waals surface area (Å²) >= 11 is 24.9. The summed E-state index contributed by atoms with van der Waals surface area (Å²) in [5.74, 6) is -3.76. The number of hydrogen-bond donors (Lipinski definition) is 4. The second-order valence-corrected chi connectivity index (χ2v) is 16.8. The maximum Gasteiger partial charge on any atom is 0.258 e. The third-order valence-electron chi connectivity index (χ3n) is 9.55. The van der Waals surface area contributed by atoms with E-state index in [0.717, 1.165) is 11.1 Å². The van der Waals surface area contributed by atoms with Gasteiger partial charge in [0, 0.05) is 33.9 Å². The molecule has 0 aliphatic heterocycles. The molecule has 4 N–H and O–H groups in total. The predicted octanol–water partition coefficient (Wildman–Crippen LogP) is 12.1. The molecule has 4 unspecified atom stereocenters. The normalized spacial score (nSPS) is 13.2. The van der Waals surface area contributed by atoms with E-state index in [1.165, 1.54) is 50.2 Å². The van der Waals surface area contributed by atoms with Crippen LogP contribution in [0.4, 0.5) is 34.1 Å². The van der Waals surface area contributed by atoms with Gasteiger partial charge < -0.3 is 21.3 Å². The minimum Gasteiger partial charge on any atom is -0.324 e. The molecule has 0 heterocycles. The standard InChI is InChI=1S/C46H42Cl4N8O6/c1-23-19-35(53-45(63)41(27(5)59)57-55-38-21-31(11-17-36(38)49)43(61)51-33-13-7-29(8-14-33)25(3)47)20-24(2)40(23)54-46(64)42(28(6)60)58-56-39-22-32(12-18-37(39)50)44(62)52-34-15-9-30(10-16-34)26(4)48/h7-22,25-26,41-42H,1-6H3,(H,51,61)(H,52,62)(H,53,63)(H,54,64). The van der Waals surface area contributed by atoms with Crippen molar-refractivity contribution >= 4 is 116 Å². The van der Waals surface area contributed by atoms with Crippen molar-refractivity contribution in [2.45, 2.75) is 64.4 Å². The average molecular weight is 945 g/mol. The molecule has 4 atom stereocenters. The molecule has 0 radical (unpaired) electrons. The number of nitrogens with zero attached hydrogens (tertiary/aromatic N) is 4. The van der Waals surface area contributed by atoms with Crippen LogP contribution in [0.3, 0.4) is 0 Å². The number of anilines is 4. The van der Waals surface area contributed by atoms with Gasteiger partial charge >= 0.3 is 0 Å². The summed E-state index contributed by atoms with van der Waals surface area (Å²) in [7, 11) is 0. The quantitative estimate of drug-likeness (QED) is 0.0431. The van der Waals surface area contributed by atoms with Crippen molar-refractivity contribution in [2.24, 2.45) is 20.5 Å². The summed E-state index contributed by atoms with van der Waals surface area (Å²) in [5, 5.41) is 26.9. The molecule has 14 nitrogen and oxygen atoms in total. The van der Waals surface area contributed by atoms with Crippen molar-refractivity contribution < 1.29 is 28.8 Å². The molecule has 18 heteroatoms. The van der Waals surface area contributed by atoms with Crippen LogP contribution in [0.15, 0.2) is 118 Å². The maximum absolute atomic E-state index is 13.5. The maximum atomic E-state index is 13.5. The van der Waals surface area contributed by atoms with Crippen molar-refractivity contribution in [2.75, 3.05) is 21.3 Å². The number of rotatable bonds is 16. The van der Waals surface area contributed by atoms with Gasteiger partial charge in [-0.15, -0.1) is 23.2 Å². The van der Waals surface area contributed by atoms with E-state index >= 15 is 0 Å². The van der Waals surface area contributed by atoms with E-state index in [-0.39, 0.29) is 49.0 Å². The Morgan fingerprint density at radius 1 is 0.500 bits per heavy atom. The Labute approximate surface area is 389 Å². The lowest BCUT2D eigenvalue weighted by Crippen LogP contribution is -2.33. The number of ketones is 2. The van der Waals surface area contributed by atoms with Gasteiger partial charge in [-0.05, 0) is 137 Å². The number of carbonyl (C=O) groups excluding carboxylic acids is 6. The van der Waals surface area contributed by atoms with Crippen LogP contribution in [0, 0.1) is 13.8 Å². The minimum absolute atomic E-state index is 0.0504. The molecule has 0 aliphatic carbocycles. The minimum atomic E-state index is -1.59. The van der Waals surface area contributed by atoms with Gasteiger partial charge in [0.15, 0.2) is 11.6 Å². The summed E-state index contributed by atoms with van der Waals surface area (Å²) < 4.78 is 0. The van der Waals surface area contributed by atoms with Crippen LogP contribution < -0.4 is 21.3 Å². The third kappa shape index (κ3) is 12.9. The smallest absolute Gasteiger partial charge is 0.258 e. The molecule has 0 aliphatic rings. The predicted molar refractivity (Wildman–Crippen MR) is 251 cm³/mol. The van der Waals surface area contributed by atoms with Gasteiger partial charge in [-0.25, -0.2) is 0 Å². The average Bonchev–Trinajstić information content (AvgIpc) is 3.23. The molecular weight excluding hydrogens is 902 g/mol. The molecule has 0 fully saturated rings.